The van der Waals surface area contributed by atoms with Gasteiger partial charge >= 0.3 is 0 Å². The van der Waals surface area contributed by atoms with Gasteiger partial charge in [-0.05, 0) is 42.8 Å². The molecule has 2 aromatic carbocycles. The molecule has 0 bridgehead atoms. The molecule has 0 aliphatic carbocycles. The Bertz CT molecular complexity index is 632. The van der Waals surface area contributed by atoms with E-state index in [1.165, 1.54) is 0 Å². The molecule has 4 heteroatoms. The first-order chi connectivity index (χ1) is 8.60. The smallest absolute Gasteiger partial charge is 0.130 e. The number of nitrogen functional groups attached to an aromatic ring is 1. The van der Waals surface area contributed by atoms with Crippen molar-refractivity contribution in [1.82, 2.24) is 0 Å². The molecule has 18 heavy (non-hydrogen) atoms. The maximum Gasteiger partial charge on any atom is 0.130 e. The lowest BCUT2D eigenvalue weighted by atomic mass is 10.2. The molecule has 0 spiro atoms. The van der Waals surface area contributed by atoms with Crippen molar-refractivity contribution < 1.29 is 4.74 Å². The van der Waals surface area contributed by atoms with Crippen LogP contribution >= 0.6 is 15.9 Å². The molecule has 0 aromatic heterocycles. The molecule has 90 valence electrons. The molecule has 0 fully saturated rings. The third kappa shape index (κ3) is 2.63. The lowest BCUT2D eigenvalue weighted by Crippen LogP contribution is -1.92. The minimum atomic E-state index is 0.419. The van der Waals surface area contributed by atoms with Crippen molar-refractivity contribution in [2.45, 2.75) is 6.92 Å². The van der Waals surface area contributed by atoms with Crippen molar-refractivity contribution in [3.05, 3.63) is 52.0 Å². The number of hydrogen-bond acceptors (Lipinski definition) is 3. The molecule has 0 aliphatic heterocycles. The monoisotopic (exact) mass is 302 g/mol. The zero-order chi connectivity index (χ0) is 13.1. The number of halogens is 1. The Hall–Kier alpha value is -1.99. The highest BCUT2D eigenvalue weighted by Crippen LogP contribution is 2.29. The molecular weight excluding hydrogens is 292 g/mol. The van der Waals surface area contributed by atoms with Gasteiger partial charge in [0.25, 0.3) is 0 Å². The Morgan fingerprint density at radius 2 is 2.00 bits per heavy atom. The highest BCUT2D eigenvalue weighted by atomic mass is 79.9. The zero-order valence-electron chi connectivity index (χ0n) is 9.77. The van der Waals surface area contributed by atoms with Crippen LogP contribution in [0.5, 0.6) is 11.5 Å². The fourth-order valence-corrected chi connectivity index (χ4v) is 2.03. The number of nitrogens with zero attached hydrogens (tertiary/aromatic N) is 1. The van der Waals surface area contributed by atoms with E-state index in [0.29, 0.717) is 17.0 Å². The zero-order valence-corrected chi connectivity index (χ0v) is 11.4. The van der Waals surface area contributed by atoms with Gasteiger partial charge in [0.1, 0.15) is 17.6 Å². The van der Waals surface area contributed by atoms with Crippen molar-refractivity contribution in [2.24, 2.45) is 0 Å². The maximum atomic E-state index is 8.91. The van der Waals surface area contributed by atoms with Crippen molar-refractivity contribution >= 4 is 21.6 Å². The van der Waals surface area contributed by atoms with Gasteiger partial charge in [-0.25, -0.2) is 0 Å². The van der Waals surface area contributed by atoms with Gasteiger partial charge in [-0.15, -0.1) is 0 Å². The topological polar surface area (TPSA) is 59.0 Å². The normalized spacial score (nSPS) is 9.83. The maximum absolute atomic E-state index is 8.91. The fourth-order valence-electron chi connectivity index (χ4n) is 1.55. The number of benzene rings is 2. The molecule has 0 radical (unpaired) electrons. The lowest BCUT2D eigenvalue weighted by Gasteiger charge is -2.09. The van der Waals surface area contributed by atoms with E-state index in [1.54, 1.807) is 18.2 Å². The van der Waals surface area contributed by atoms with E-state index < -0.39 is 0 Å². The quantitative estimate of drug-likeness (QED) is 0.853. The standard InChI is InChI=1S/C14H11BrN2O/c1-9-6-11(15)2-5-14(9)18-12-3-4-13(17)10(7-12)8-16/h2-7H,17H2,1H3. The average Bonchev–Trinajstić information content (AvgIpc) is 2.35. The van der Waals surface area contributed by atoms with E-state index in [9.17, 15) is 0 Å². The summed E-state index contributed by atoms with van der Waals surface area (Å²) in [5.74, 6) is 1.36. The van der Waals surface area contributed by atoms with E-state index >= 15 is 0 Å². The number of nitriles is 1. The highest BCUT2D eigenvalue weighted by Gasteiger charge is 2.05. The third-order valence-corrected chi connectivity index (χ3v) is 3.00. The minimum Gasteiger partial charge on any atom is -0.457 e. The first-order valence-corrected chi connectivity index (χ1v) is 6.13. The predicted octanol–water partition coefficient (Wildman–Crippen LogP) is 4.00. The van der Waals surface area contributed by atoms with Gasteiger partial charge in [0.2, 0.25) is 0 Å². The third-order valence-electron chi connectivity index (χ3n) is 2.51. The van der Waals surface area contributed by atoms with E-state index in [0.717, 1.165) is 15.8 Å². The summed E-state index contributed by atoms with van der Waals surface area (Å²) in [6, 6.07) is 12.8. The molecule has 0 heterocycles. The minimum absolute atomic E-state index is 0.419. The summed E-state index contributed by atoms with van der Waals surface area (Å²) in [7, 11) is 0. The summed E-state index contributed by atoms with van der Waals surface area (Å²) in [6.45, 7) is 1.96. The summed E-state index contributed by atoms with van der Waals surface area (Å²) in [5, 5.41) is 8.91. The molecular formula is C14H11BrN2O. The molecule has 2 rings (SSSR count). The van der Waals surface area contributed by atoms with Crippen LogP contribution in [0, 0.1) is 18.3 Å². The Kier molecular flexibility index (Phi) is 3.54. The Balaban J connectivity index is 2.32. The average molecular weight is 303 g/mol. The van der Waals surface area contributed by atoms with Crippen LogP contribution in [0.4, 0.5) is 5.69 Å². The van der Waals surface area contributed by atoms with Gasteiger partial charge in [-0.2, -0.15) is 5.26 Å². The number of nitrogens with two attached hydrogens (primary N) is 1. The second kappa shape index (κ2) is 5.11. The Morgan fingerprint density at radius 1 is 1.22 bits per heavy atom. The number of rotatable bonds is 2. The lowest BCUT2D eigenvalue weighted by molar-refractivity contribution is 0.478. The largest absolute Gasteiger partial charge is 0.457 e. The number of aryl methyl sites for hydroxylation is 1. The van der Waals surface area contributed by atoms with Crippen LogP contribution in [0.15, 0.2) is 40.9 Å². The molecule has 0 saturated heterocycles. The SMILES string of the molecule is Cc1cc(Br)ccc1Oc1ccc(N)c(C#N)c1. The molecule has 0 atom stereocenters. The molecule has 3 nitrogen and oxygen atoms in total. The van der Waals surface area contributed by atoms with Crippen molar-refractivity contribution in [1.29, 1.82) is 5.26 Å². The van der Waals surface area contributed by atoms with E-state index in [1.807, 2.05) is 31.2 Å². The summed E-state index contributed by atoms with van der Waals surface area (Å²) in [5.41, 5.74) is 7.55. The Labute approximate surface area is 114 Å². The summed E-state index contributed by atoms with van der Waals surface area (Å²) in [6.07, 6.45) is 0. The van der Waals surface area contributed by atoms with Gasteiger partial charge in [0, 0.05) is 16.2 Å². The van der Waals surface area contributed by atoms with Crippen molar-refractivity contribution in [3.8, 4) is 17.6 Å². The van der Waals surface area contributed by atoms with Crippen LogP contribution in [-0.2, 0) is 0 Å². The molecule has 0 unspecified atom stereocenters. The molecule has 2 N–H and O–H groups in total. The Morgan fingerprint density at radius 3 is 2.67 bits per heavy atom. The van der Waals surface area contributed by atoms with Crippen molar-refractivity contribution in [3.63, 3.8) is 0 Å². The summed E-state index contributed by atoms with van der Waals surface area (Å²) < 4.78 is 6.74. The molecule has 0 saturated carbocycles. The number of ether oxygens (including phenoxy) is 1. The van der Waals surface area contributed by atoms with E-state index in [2.05, 4.69) is 15.9 Å². The fraction of sp³-hybridized carbons (Fsp3) is 0.0714. The van der Waals surface area contributed by atoms with Crippen LogP contribution in [0.25, 0.3) is 0 Å². The van der Waals surface area contributed by atoms with Gasteiger partial charge < -0.3 is 10.5 Å². The van der Waals surface area contributed by atoms with Crippen LogP contribution in [0.3, 0.4) is 0 Å². The van der Waals surface area contributed by atoms with Crippen LogP contribution < -0.4 is 10.5 Å². The second-order valence-electron chi connectivity index (χ2n) is 3.87. The van der Waals surface area contributed by atoms with Crippen LogP contribution in [0.1, 0.15) is 11.1 Å². The predicted molar refractivity (Wildman–Crippen MR) is 74.5 cm³/mol. The van der Waals surface area contributed by atoms with Gasteiger partial charge in [0.05, 0.1) is 5.56 Å². The number of anilines is 1. The first kappa shape index (κ1) is 12.5. The number of hydrogen-bond donors (Lipinski definition) is 1. The van der Waals surface area contributed by atoms with E-state index in [-0.39, 0.29) is 0 Å². The van der Waals surface area contributed by atoms with Crippen molar-refractivity contribution in [2.75, 3.05) is 5.73 Å². The van der Waals surface area contributed by atoms with Crippen LogP contribution in [0.2, 0.25) is 0 Å². The summed E-state index contributed by atoms with van der Waals surface area (Å²) in [4.78, 5) is 0. The van der Waals surface area contributed by atoms with Crippen LogP contribution in [-0.4, -0.2) is 0 Å². The van der Waals surface area contributed by atoms with Gasteiger partial charge in [-0.3, -0.25) is 0 Å². The summed E-state index contributed by atoms with van der Waals surface area (Å²) >= 11 is 3.40. The molecule has 2 aromatic rings. The second-order valence-corrected chi connectivity index (χ2v) is 4.79. The van der Waals surface area contributed by atoms with Gasteiger partial charge in [0.15, 0.2) is 0 Å². The highest BCUT2D eigenvalue weighted by molar-refractivity contribution is 9.10. The first-order valence-electron chi connectivity index (χ1n) is 5.34. The molecule has 0 aliphatic rings. The van der Waals surface area contributed by atoms with E-state index in [4.69, 9.17) is 15.7 Å². The van der Waals surface area contributed by atoms with Gasteiger partial charge in [-0.1, -0.05) is 15.9 Å². The molecule has 0 amide bonds.